The standard InChI is InChI=1S/C13H13NO2/c1-8(7-9(2)15)12-10-5-3-4-6-11(10)14-13(12)16/h3-6H,7H2,1-2H3,(H,14,16). The van der Waals surface area contributed by atoms with Gasteiger partial charge in [-0.15, -0.1) is 0 Å². The predicted molar refractivity (Wildman–Crippen MR) is 63.0 cm³/mol. The summed E-state index contributed by atoms with van der Waals surface area (Å²) in [6, 6.07) is 7.52. The molecule has 1 aromatic rings. The molecule has 0 aromatic heterocycles. The van der Waals surface area contributed by atoms with Crippen molar-refractivity contribution >= 4 is 23.0 Å². The molecule has 82 valence electrons. The van der Waals surface area contributed by atoms with Gasteiger partial charge in [0.1, 0.15) is 5.78 Å². The number of anilines is 1. The van der Waals surface area contributed by atoms with Gasteiger partial charge in [0.2, 0.25) is 0 Å². The van der Waals surface area contributed by atoms with Gasteiger partial charge < -0.3 is 5.32 Å². The lowest BCUT2D eigenvalue weighted by atomic mass is 9.99. The van der Waals surface area contributed by atoms with Crippen molar-refractivity contribution in [1.82, 2.24) is 0 Å². The predicted octanol–water partition coefficient (Wildman–Crippen LogP) is 2.39. The molecule has 1 aliphatic rings. The summed E-state index contributed by atoms with van der Waals surface area (Å²) in [4.78, 5) is 22.8. The molecular weight excluding hydrogens is 202 g/mol. The van der Waals surface area contributed by atoms with Crippen molar-refractivity contribution in [2.24, 2.45) is 0 Å². The Balaban J connectivity index is 2.50. The molecule has 0 saturated heterocycles. The molecular formula is C13H13NO2. The van der Waals surface area contributed by atoms with Crippen molar-refractivity contribution in [1.29, 1.82) is 0 Å². The minimum absolute atomic E-state index is 0.0715. The van der Waals surface area contributed by atoms with Gasteiger partial charge in [0.05, 0.1) is 0 Å². The SMILES string of the molecule is CC(=O)CC(C)=C1C(=O)Nc2ccccc21. The summed E-state index contributed by atoms with van der Waals surface area (Å²) in [6.07, 6.45) is 0.330. The molecule has 1 heterocycles. The molecule has 1 amide bonds. The number of rotatable bonds is 2. The van der Waals surface area contributed by atoms with Crippen molar-refractivity contribution in [3.63, 3.8) is 0 Å². The van der Waals surface area contributed by atoms with E-state index < -0.39 is 0 Å². The van der Waals surface area contributed by atoms with Gasteiger partial charge in [-0.05, 0) is 19.9 Å². The van der Waals surface area contributed by atoms with Crippen molar-refractivity contribution in [2.45, 2.75) is 20.3 Å². The molecule has 0 atom stereocenters. The summed E-state index contributed by atoms with van der Waals surface area (Å²) < 4.78 is 0. The number of carbonyl (C=O) groups excluding carboxylic acids is 2. The first-order chi connectivity index (χ1) is 7.59. The van der Waals surface area contributed by atoms with Gasteiger partial charge in [-0.25, -0.2) is 0 Å². The van der Waals surface area contributed by atoms with Crippen LogP contribution < -0.4 is 5.32 Å². The van der Waals surface area contributed by atoms with Crippen molar-refractivity contribution < 1.29 is 9.59 Å². The lowest BCUT2D eigenvalue weighted by molar-refractivity contribution is -0.116. The Morgan fingerprint density at radius 3 is 2.62 bits per heavy atom. The topological polar surface area (TPSA) is 46.2 Å². The second kappa shape index (κ2) is 3.93. The Morgan fingerprint density at radius 1 is 1.25 bits per heavy atom. The van der Waals surface area contributed by atoms with E-state index in [4.69, 9.17) is 0 Å². The average Bonchev–Trinajstić information content (AvgIpc) is 2.52. The molecule has 0 aliphatic carbocycles. The van der Waals surface area contributed by atoms with E-state index in [1.807, 2.05) is 31.2 Å². The number of ketones is 1. The molecule has 1 N–H and O–H groups in total. The first kappa shape index (κ1) is 10.6. The fraction of sp³-hybridized carbons (Fsp3) is 0.231. The van der Waals surface area contributed by atoms with E-state index in [0.29, 0.717) is 12.0 Å². The fourth-order valence-electron chi connectivity index (χ4n) is 2.00. The Bertz CT molecular complexity index is 500. The third-order valence-electron chi connectivity index (χ3n) is 2.61. The van der Waals surface area contributed by atoms with E-state index in [1.54, 1.807) is 0 Å². The van der Waals surface area contributed by atoms with Crippen LogP contribution in [-0.2, 0) is 9.59 Å². The van der Waals surface area contributed by atoms with Gasteiger partial charge >= 0.3 is 0 Å². The molecule has 16 heavy (non-hydrogen) atoms. The zero-order valence-electron chi connectivity index (χ0n) is 9.33. The number of benzene rings is 1. The highest BCUT2D eigenvalue weighted by atomic mass is 16.2. The molecule has 0 fully saturated rings. The summed E-state index contributed by atoms with van der Waals surface area (Å²) in [6.45, 7) is 3.36. The van der Waals surface area contributed by atoms with Gasteiger partial charge in [0.25, 0.3) is 5.91 Å². The van der Waals surface area contributed by atoms with E-state index in [1.165, 1.54) is 6.92 Å². The molecule has 2 rings (SSSR count). The van der Waals surface area contributed by atoms with Crippen molar-refractivity contribution in [3.05, 3.63) is 35.4 Å². The second-order valence-electron chi connectivity index (χ2n) is 4.03. The van der Waals surface area contributed by atoms with Crippen LogP contribution in [0.1, 0.15) is 25.8 Å². The maximum atomic E-state index is 11.8. The number of amides is 1. The largest absolute Gasteiger partial charge is 0.321 e. The number of Topliss-reactive ketones (excluding diaryl/α,β-unsaturated/α-hetero) is 1. The van der Waals surface area contributed by atoms with E-state index in [9.17, 15) is 9.59 Å². The zero-order valence-corrected chi connectivity index (χ0v) is 9.33. The Kier molecular flexibility index (Phi) is 2.60. The minimum Gasteiger partial charge on any atom is -0.321 e. The highest BCUT2D eigenvalue weighted by Gasteiger charge is 2.25. The molecule has 3 nitrogen and oxygen atoms in total. The fourth-order valence-corrected chi connectivity index (χ4v) is 2.00. The Labute approximate surface area is 94.2 Å². The molecule has 1 aromatic carbocycles. The normalized spacial score (nSPS) is 16.8. The van der Waals surface area contributed by atoms with Crippen LogP contribution in [0.5, 0.6) is 0 Å². The van der Waals surface area contributed by atoms with Crippen molar-refractivity contribution in [3.8, 4) is 0 Å². The summed E-state index contributed by atoms with van der Waals surface area (Å²) in [5, 5.41) is 2.79. The maximum Gasteiger partial charge on any atom is 0.256 e. The van der Waals surface area contributed by atoms with E-state index in [2.05, 4.69) is 5.32 Å². The number of hydrogen-bond donors (Lipinski definition) is 1. The van der Waals surface area contributed by atoms with Gasteiger partial charge in [-0.3, -0.25) is 9.59 Å². The first-order valence-electron chi connectivity index (χ1n) is 5.19. The van der Waals surface area contributed by atoms with E-state index in [-0.39, 0.29) is 11.7 Å². The third kappa shape index (κ3) is 1.76. The molecule has 0 radical (unpaired) electrons. The number of fused-ring (bicyclic) bond motifs is 1. The first-order valence-corrected chi connectivity index (χ1v) is 5.19. The van der Waals surface area contributed by atoms with Gasteiger partial charge in [0.15, 0.2) is 0 Å². The van der Waals surface area contributed by atoms with Crippen molar-refractivity contribution in [2.75, 3.05) is 5.32 Å². The smallest absolute Gasteiger partial charge is 0.256 e. The highest BCUT2D eigenvalue weighted by molar-refractivity contribution is 6.32. The van der Waals surface area contributed by atoms with Crippen LogP contribution in [0.4, 0.5) is 5.69 Å². The number of hydrogen-bond acceptors (Lipinski definition) is 2. The van der Waals surface area contributed by atoms with Crippen LogP contribution in [0.2, 0.25) is 0 Å². The monoisotopic (exact) mass is 215 g/mol. The van der Waals surface area contributed by atoms with Crippen LogP contribution >= 0.6 is 0 Å². The Morgan fingerprint density at radius 2 is 1.94 bits per heavy atom. The Hall–Kier alpha value is -1.90. The average molecular weight is 215 g/mol. The van der Waals surface area contributed by atoms with Crippen LogP contribution in [-0.4, -0.2) is 11.7 Å². The number of allylic oxidation sites excluding steroid dienone is 1. The summed E-state index contributed by atoms with van der Waals surface area (Å²) in [5.41, 5.74) is 3.19. The van der Waals surface area contributed by atoms with E-state index >= 15 is 0 Å². The molecule has 0 unspecified atom stereocenters. The van der Waals surface area contributed by atoms with E-state index in [0.717, 1.165) is 16.8 Å². The quantitative estimate of drug-likeness (QED) is 0.770. The van der Waals surface area contributed by atoms with Crippen LogP contribution in [0, 0.1) is 0 Å². The maximum absolute atomic E-state index is 11.8. The number of nitrogens with one attached hydrogen (secondary N) is 1. The third-order valence-corrected chi connectivity index (χ3v) is 2.61. The second-order valence-corrected chi connectivity index (χ2v) is 4.03. The molecule has 3 heteroatoms. The number of carbonyl (C=O) groups is 2. The van der Waals surface area contributed by atoms with Crippen LogP contribution in [0.25, 0.3) is 5.57 Å². The summed E-state index contributed by atoms with van der Waals surface area (Å²) in [5.74, 6) is -0.0397. The lowest BCUT2D eigenvalue weighted by Crippen LogP contribution is -2.06. The highest BCUT2D eigenvalue weighted by Crippen LogP contribution is 2.34. The van der Waals surface area contributed by atoms with Gasteiger partial charge in [0, 0.05) is 23.2 Å². The molecule has 0 spiro atoms. The minimum atomic E-state index is -0.111. The summed E-state index contributed by atoms with van der Waals surface area (Å²) in [7, 11) is 0. The molecule has 1 aliphatic heterocycles. The van der Waals surface area contributed by atoms with Crippen LogP contribution in [0.3, 0.4) is 0 Å². The zero-order chi connectivity index (χ0) is 11.7. The van der Waals surface area contributed by atoms with Gasteiger partial charge in [-0.1, -0.05) is 23.8 Å². The van der Waals surface area contributed by atoms with Crippen LogP contribution in [0.15, 0.2) is 29.8 Å². The lowest BCUT2D eigenvalue weighted by Gasteiger charge is -2.02. The van der Waals surface area contributed by atoms with Gasteiger partial charge in [-0.2, -0.15) is 0 Å². The molecule has 0 saturated carbocycles. The summed E-state index contributed by atoms with van der Waals surface area (Å²) >= 11 is 0. The molecule has 0 bridgehead atoms. The number of para-hydroxylation sites is 1.